The van der Waals surface area contributed by atoms with Gasteiger partial charge in [-0.05, 0) is 30.7 Å². The molecule has 0 heterocycles. The van der Waals surface area contributed by atoms with Crippen LogP contribution < -0.4 is 4.72 Å². The van der Waals surface area contributed by atoms with Gasteiger partial charge < -0.3 is 9.84 Å². The number of phenolic OH excluding ortho intramolecular Hbond substituents is 1. The fourth-order valence-corrected chi connectivity index (χ4v) is 2.39. The van der Waals surface area contributed by atoms with E-state index in [2.05, 4.69) is 9.46 Å². The molecule has 0 aliphatic rings. The summed E-state index contributed by atoms with van der Waals surface area (Å²) in [7, 11) is -2.24. The Morgan fingerprint density at radius 2 is 1.94 bits per heavy atom. The molecule has 0 aromatic heterocycles. The van der Waals surface area contributed by atoms with Crippen LogP contribution in [-0.4, -0.2) is 32.4 Å². The topological polar surface area (TPSA) is 92.7 Å². The predicted octanol–water partition coefficient (Wildman–Crippen LogP) is 1.09. The summed E-state index contributed by atoms with van der Waals surface area (Å²) in [6.07, 6.45) is 0.257. The molecular formula is C11H15NO5S. The molecule has 1 aromatic rings. The van der Waals surface area contributed by atoms with Gasteiger partial charge >= 0.3 is 5.97 Å². The Bertz CT molecular complexity index is 495. The zero-order valence-electron chi connectivity index (χ0n) is 9.92. The van der Waals surface area contributed by atoms with Crippen LogP contribution in [0.2, 0.25) is 0 Å². The third-order valence-corrected chi connectivity index (χ3v) is 3.54. The van der Waals surface area contributed by atoms with Crippen molar-refractivity contribution in [3.05, 3.63) is 24.3 Å². The van der Waals surface area contributed by atoms with E-state index >= 15 is 0 Å². The van der Waals surface area contributed by atoms with Crippen LogP contribution in [0, 0.1) is 0 Å². The Morgan fingerprint density at radius 1 is 1.33 bits per heavy atom. The second-order valence-electron chi connectivity index (χ2n) is 3.65. The van der Waals surface area contributed by atoms with Crippen molar-refractivity contribution in [3.63, 3.8) is 0 Å². The van der Waals surface area contributed by atoms with Gasteiger partial charge in [0.25, 0.3) is 0 Å². The van der Waals surface area contributed by atoms with Gasteiger partial charge in [0.05, 0.1) is 12.9 Å². The van der Waals surface area contributed by atoms with E-state index in [0.29, 0.717) is 5.69 Å². The minimum Gasteiger partial charge on any atom is -0.508 e. The molecule has 0 saturated heterocycles. The molecular weight excluding hydrogens is 258 g/mol. The summed E-state index contributed by atoms with van der Waals surface area (Å²) in [6.45, 7) is 0. The van der Waals surface area contributed by atoms with Gasteiger partial charge in [0.2, 0.25) is 10.0 Å². The molecule has 0 fully saturated rings. The summed E-state index contributed by atoms with van der Waals surface area (Å²) in [5.74, 6) is -0.540. The highest BCUT2D eigenvalue weighted by Crippen LogP contribution is 2.15. The zero-order chi connectivity index (χ0) is 13.6. The van der Waals surface area contributed by atoms with Crippen LogP contribution in [0.15, 0.2) is 24.3 Å². The summed E-state index contributed by atoms with van der Waals surface area (Å²) in [5.41, 5.74) is 0.367. The van der Waals surface area contributed by atoms with Crippen molar-refractivity contribution >= 4 is 21.7 Å². The Kier molecular flexibility index (Phi) is 4.96. The van der Waals surface area contributed by atoms with Gasteiger partial charge in [-0.15, -0.1) is 0 Å². The van der Waals surface area contributed by atoms with Crippen molar-refractivity contribution in [3.8, 4) is 5.75 Å². The number of ether oxygens (including phenoxy) is 1. The molecule has 0 spiro atoms. The third-order valence-electron chi connectivity index (χ3n) is 2.16. The number of nitrogens with one attached hydrogen (secondary N) is 1. The average Bonchev–Trinajstić information content (AvgIpc) is 2.31. The van der Waals surface area contributed by atoms with Crippen LogP contribution in [0.1, 0.15) is 12.8 Å². The highest BCUT2D eigenvalue weighted by Gasteiger charge is 2.11. The maximum Gasteiger partial charge on any atom is 0.305 e. The summed E-state index contributed by atoms with van der Waals surface area (Å²) < 4.78 is 30.0. The maximum atomic E-state index is 11.6. The first-order valence-corrected chi connectivity index (χ1v) is 6.94. The molecule has 1 rings (SSSR count). The Balaban J connectivity index is 2.49. The first-order chi connectivity index (χ1) is 8.43. The number of carbonyl (C=O) groups is 1. The van der Waals surface area contributed by atoms with Gasteiger partial charge in [0.15, 0.2) is 0 Å². The molecule has 0 unspecified atom stereocenters. The Labute approximate surface area is 106 Å². The minimum atomic E-state index is -3.49. The number of sulfonamides is 1. The van der Waals surface area contributed by atoms with E-state index < -0.39 is 16.0 Å². The molecule has 100 valence electrons. The molecule has 0 bridgehead atoms. The minimum absolute atomic E-state index is 0.0589. The van der Waals surface area contributed by atoms with Crippen molar-refractivity contribution in [1.29, 1.82) is 0 Å². The predicted molar refractivity (Wildman–Crippen MR) is 66.8 cm³/mol. The lowest BCUT2D eigenvalue weighted by atomic mass is 10.3. The summed E-state index contributed by atoms with van der Waals surface area (Å²) in [5, 5.41) is 9.06. The van der Waals surface area contributed by atoms with Crippen LogP contribution in [0.5, 0.6) is 5.75 Å². The number of phenols is 1. The van der Waals surface area contributed by atoms with E-state index in [4.69, 9.17) is 5.11 Å². The highest BCUT2D eigenvalue weighted by molar-refractivity contribution is 7.92. The molecule has 0 atom stereocenters. The fraction of sp³-hybridized carbons (Fsp3) is 0.364. The van der Waals surface area contributed by atoms with E-state index in [9.17, 15) is 13.2 Å². The van der Waals surface area contributed by atoms with E-state index in [0.717, 1.165) is 0 Å². The van der Waals surface area contributed by atoms with Crippen molar-refractivity contribution in [2.75, 3.05) is 17.6 Å². The third kappa shape index (κ3) is 5.05. The molecule has 6 nitrogen and oxygen atoms in total. The number of rotatable bonds is 6. The molecule has 2 N–H and O–H groups in total. The van der Waals surface area contributed by atoms with Crippen LogP contribution >= 0.6 is 0 Å². The van der Waals surface area contributed by atoms with Crippen molar-refractivity contribution in [2.24, 2.45) is 0 Å². The lowest BCUT2D eigenvalue weighted by Crippen LogP contribution is -2.17. The zero-order valence-corrected chi connectivity index (χ0v) is 10.7. The summed E-state index contributed by atoms with van der Waals surface area (Å²) in [4.78, 5) is 10.8. The molecule has 0 aliphatic heterocycles. The van der Waals surface area contributed by atoms with Crippen LogP contribution in [0.4, 0.5) is 5.69 Å². The monoisotopic (exact) mass is 273 g/mol. The largest absolute Gasteiger partial charge is 0.508 e. The first kappa shape index (κ1) is 14.3. The van der Waals surface area contributed by atoms with Crippen molar-refractivity contribution < 1.29 is 23.1 Å². The van der Waals surface area contributed by atoms with Gasteiger partial charge in [-0.3, -0.25) is 9.52 Å². The Hall–Kier alpha value is -1.76. The number of esters is 1. The molecule has 18 heavy (non-hydrogen) atoms. The van der Waals surface area contributed by atoms with Gasteiger partial charge in [-0.1, -0.05) is 0 Å². The average molecular weight is 273 g/mol. The van der Waals surface area contributed by atoms with Crippen LogP contribution in [-0.2, 0) is 19.6 Å². The molecule has 0 amide bonds. The smallest absolute Gasteiger partial charge is 0.305 e. The fourth-order valence-electron chi connectivity index (χ4n) is 1.27. The van der Waals surface area contributed by atoms with Crippen molar-refractivity contribution in [2.45, 2.75) is 12.8 Å². The van der Waals surface area contributed by atoms with Gasteiger partial charge in [-0.25, -0.2) is 8.42 Å². The molecule has 1 aromatic carbocycles. The van der Waals surface area contributed by atoms with Crippen molar-refractivity contribution in [1.82, 2.24) is 0 Å². The van der Waals surface area contributed by atoms with E-state index in [1.807, 2.05) is 0 Å². The lowest BCUT2D eigenvalue weighted by molar-refractivity contribution is -0.140. The number of methoxy groups -OCH3 is 1. The number of carbonyl (C=O) groups excluding carboxylic acids is 1. The van der Waals surface area contributed by atoms with E-state index in [1.54, 1.807) is 0 Å². The molecule has 7 heteroatoms. The SMILES string of the molecule is COC(=O)CCCS(=O)(=O)Nc1ccc(O)cc1. The highest BCUT2D eigenvalue weighted by atomic mass is 32.2. The first-order valence-electron chi connectivity index (χ1n) is 5.29. The van der Waals surface area contributed by atoms with Crippen LogP contribution in [0.3, 0.4) is 0 Å². The summed E-state index contributed by atoms with van der Waals surface area (Å²) >= 11 is 0. The number of hydrogen-bond donors (Lipinski definition) is 2. The molecule has 0 saturated carbocycles. The summed E-state index contributed by atoms with van der Waals surface area (Å²) in [6, 6.07) is 5.67. The van der Waals surface area contributed by atoms with Gasteiger partial charge in [-0.2, -0.15) is 0 Å². The Morgan fingerprint density at radius 3 is 2.50 bits per heavy atom. The molecule has 0 aliphatic carbocycles. The number of hydrogen-bond acceptors (Lipinski definition) is 5. The van der Waals surface area contributed by atoms with Crippen LogP contribution in [0.25, 0.3) is 0 Å². The molecule has 0 radical (unpaired) electrons. The lowest BCUT2D eigenvalue weighted by Gasteiger charge is -2.07. The maximum absolute atomic E-state index is 11.6. The van der Waals surface area contributed by atoms with Gasteiger partial charge in [0.1, 0.15) is 5.75 Å². The second-order valence-corrected chi connectivity index (χ2v) is 5.49. The second kappa shape index (κ2) is 6.25. The number of benzene rings is 1. The normalized spacial score (nSPS) is 10.9. The quantitative estimate of drug-likeness (QED) is 0.598. The number of aromatic hydroxyl groups is 1. The van der Waals surface area contributed by atoms with Gasteiger partial charge in [0, 0.05) is 12.1 Å². The van der Waals surface area contributed by atoms with E-state index in [-0.39, 0.29) is 24.3 Å². The standard InChI is InChI=1S/C11H15NO5S/c1-17-11(14)3-2-8-18(15,16)12-9-4-6-10(13)7-5-9/h4-7,12-13H,2-3,8H2,1H3. The number of anilines is 1. The van der Waals surface area contributed by atoms with E-state index in [1.165, 1.54) is 31.4 Å².